The minimum Gasteiger partial charge on any atom is -0.352 e. The second kappa shape index (κ2) is 5.42. The quantitative estimate of drug-likeness (QED) is 0.825. The highest BCUT2D eigenvalue weighted by atomic mass is 16.2. The van der Waals surface area contributed by atoms with E-state index < -0.39 is 0 Å². The molecule has 2 aromatic heterocycles. The van der Waals surface area contributed by atoms with Gasteiger partial charge in [0.05, 0.1) is 5.69 Å². The minimum absolute atomic E-state index is 0.0819. The highest BCUT2D eigenvalue weighted by Crippen LogP contribution is 2.05. The molecule has 3 heterocycles. The molecule has 104 valence electrons. The van der Waals surface area contributed by atoms with Gasteiger partial charge >= 0.3 is 0 Å². The van der Waals surface area contributed by atoms with Gasteiger partial charge in [0.15, 0.2) is 0 Å². The molecule has 0 spiro atoms. The molecule has 0 aromatic carbocycles. The van der Waals surface area contributed by atoms with E-state index in [0.717, 1.165) is 6.42 Å². The van der Waals surface area contributed by atoms with E-state index in [1.807, 2.05) is 12.1 Å². The van der Waals surface area contributed by atoms with Gasteiger partial charge in [0.1, 0.15) is 5.65 Å². The molecule has 1 saturated heterocycles. The molecule has 1 aliphatic heterocycles. The van der Waals surface area contributed by atoms with Gasteiger partial charge in [-0.15, -0.1) is 0 Å². The van der Waals surface area contributed by atoms with Crippen LogP contribution in [0.5, 0.6) is 0 Å². The average molecular weight is 272 g/mol. The number of aromatic nitrogens is 2. The number of hydrogen-bond acceptors (Lipinski definition) is 4. The first-order chi connectivity index (χ1) is 9.72. The second-order valence-corrected chi connectivity index (χ2v) is 4.95. The lowest BCUT2D eigenvalue weighted by Gasteiger charge is -2.11. The lowest BCUT2D eigenvalue weighted by atomic mass is 10.2. The Kier molecular flexibility index (Phi) is 3.47. The van der Waals surface area contributed by atoms with Crippen LogP contribution in [0.3, 0.4) is 0 Å². The van der Waals surface area contributed by atoms with E-state index >= 15 is 0 Å². The van der Waals surface area contributed by atoms with Crippen LogP contribution < -0.4 is 16.2 Å². The Bertz CT molecular complexity index is 695. The van der Waals surface area contributed by atoms with Crippen molar-refractivity contribution in [1.29, 1.82) is 0 Å². The molecule has 1 amide bonds. The molecular weight excluding hydrogens is 256 g/mol. The van der Waals surface area contributed by atoms with E-state index in [-0.39, 0.29) is 17.5 Å². The smallest absolute Gasteiger partial charge is 0.258 e. The van der Waals surface area contributed by atoms with Crippen molar-refractivity contribution in [3.8, 4) is 0 Å². The monoisotopic (exact) mass is 272 g/mol. The largest absolute Gasteiger partial charge is 0.352 e. The summed E-state index contributed by atoms with van der Waals surface area (Å²) in [5.41, 5.74) is 1.28. The van der Waals surface area contributed by atoms with Crippen LogP contribution in [-0.4, -0.2) is 27.9 Å². The first-order valence-electron chi connectivity index (χ1n) is 6.70. The van der Waals surface area contributed by atoms with Crippen molar-refractivity contribution in [3.63, 3.8) is 0 Å². The van der Waals surface area contributed by atoms with Crippen molar-refractivity contribution in [2.75, 3.05) is 6.54 Å². The summed E-state index contributed by atoms with van der Waals surface area (Å²) in [6.07, 6.45) is 3.16. The number of rotatable bonds is 4. The molecule has 1 fully saturated rings. The zero-order valence-corrected chi connectivity index (χ0v) is 11.0. The summed E-state index contributed by atoms with van der Waals surface area (Å²) >= 11 is 0. The highest BCUT2D eigenvalue weighted by molar-refractivity contribution is 5.78. The van der Waals surface area contributed by atoms with Gasteiger partial charge in [-0.05, 0) is 18.6 Å². The Morgan fingerprint density at radius 2 is 2.30 bits per heavy atom. The van der Waals surface area contributed by atoms with E-state index in [1.165, 1.54) is 10.5 Å². The lowest BCUT2D eigenvalue weighted by molar-refractivity contribution is -0.119. The number of nitrogens with zero attached hydrogens (tertiary/aromatic N) is 2. The van der Waals surface area contributed by atoms with Crippen LogP contribution in [0.2, 0.25) is 0 Å². The Morgan fingerprint density at radius 1 is 1.40 bits per heavy atom. The maximum Gasteiger partial charge on any atom is 0.258 e. The third-order valence-corrected chi connectivity index (χ3v) is 3.41. The highest BCUT2D eigenvalue weighted by Gasteiger charge is 2.19. The van der Waals surface area contributed by atoms with Gasteiger partial charge in [-0.3, -0.25) is 14.0 Å². The molecule has 0 unspecified atom stereocenters. The SMILES string of the molecule is O=C1CC[C@@H](CNCc2cc(=O)n3ccccc3n2)N1. The first-order valence-corrected chi connectivity index (χ1v) is 6.70. The van der Waals surface area contributed by atoms with Crippen molar-refractivity contribution in [2.45, 2.75) is 25.4 Å². The van der Waals surface area contributed by atoms with Crippen LogP contribution in [0.25, 0.3) is 5.65 Å². The van der Waals surface area contributed by atoms with Crippen molar-refractivity contribution >= 4 is 11.6 Å². The summed E-state index contributed by atoms with van der Waals surface area (Å²) in [5, 5.41) is 6.12. The third kappa shape index (κ3) is 2.70. The van der Waals surface area contributed by atoms with Crippen LogP contribution in [0.15, 0.2) is 35.3 Å². The minimum atomic E-state index is -0.0819. The summed E-state index contributed by atoms with van der Waals surface area (Å²) in [6.45, 7) is 1.22. The van der Waals surface area contributed by atoms with E-state index in [2.05, 4.69) is 15.6 Å². The molecule has 2 aromatic rings. The molecule has 0 bridgehead atoms. The van der Waals surface area contributed by atoms with Crippen LogP contribution in [0, 0.1) is 0 Å². The maximum absolute atomic E-state index is 11.9. The zero-order valence-electron chi connectivity index (χ0n) is 11.0. The summed E-state index contributed by atoms with van der Waals surface area (Å²) in [5.74, 6) is 0.110. The number of hydrogen-bond donors (Lipinski definition) is 2. The molecule has 6 nitrogen and oxygen atoms in total. The van der Waals surface area contributed by atoms with Gasteiger partial charge in [0, 0.05) is 37.8 Å². The van der Waals surface area contributed by atoms with Crippen molar-refractivity contribution in [1.82, 2.24) is 20.0 Å². The fourth-order valence-corrected chi connectivity index (χ4v) is 2.40. The molecule has 0 aliphatic carbocycles. The van der Waals surface area contributed by atoms with Crippen molar-refractivity contribution in [3.05, 3.63) is 46.5 Å². The molecule has 20 heavy (non-hydrogen) atoms. The zero-order chi connectivity index (χ0) is 13.9. The predicted octanol–water partition coefficient (Wildman–Crippen LogP) is 0.0627. The molecule has 2 N–H and O–H groups in total. The molecule has 1 aliphatic rings. The van der Waals surface area contributed by atoms with Crippen LogP contribution >= 0.6 is 0 Å². The molecule has 1 atom stereocenters. The fraction of sp³-hybridized carbons (Fsp3) is 0.357. The first kappa shape index (κ1) is 12.8. The Hall–Kier alpha value is -2.21. The molecule has 6 heteroatoms. The van der Waals surface area contributed by atoms with Crippen LogP contribution in [0.4, 0.5) is 0 Å². The Morgan fingerprint density at radius 3 is 3.10 bits per heavy atom. The van der Waals surface area contributed by atoms with Gasteiger partial charge < -0.3 is 10.6 Å². The Labute approximate surface area is 115 Å². The predicted molar refractivity (Wildman–Crippen MR) is 74.3 cm³/mol. The number of pyridine rings is 1. The summed E-state index contributed by atoms with van der Waals surface area (Å²) in [7, 11) is 0. The number of amides is 1. The molecule has 0 radical (unpaired) electrons. The van der Waals surface area contributed by atoms with E-state index in [4.69, 9.17) is 0 Å². The van der Waals surface area contributed by atoms with Gasteiger partial charge in [-0.2, -0.15) is 0 Å². The Balaban J connectivity index is 1.66. The summed E-state index contributed by atoms with van der Waals surface area (Å²) < 4.78 is 1.51. The van der Waals surface area contributed by atoms with E-state index in [9.17, 15) is 9.59 Å². The number of carbonyl (C=O) groups is 1. The van der Waals surface area contributed by atoms with E-state index in [0.29, 0.717) is 30.9 Å². The van der Waals surface area contributed by atoms with Gasteiger partial charge in [-0.1, -0.05) is 6.07 Å². The van der Waals surface area contributed by atoms with Crippen molar-refractivity contribution < 1.29 is 4.79 Å². The molecule has 3 rings (SSSR count). The number of nitrogens with one attached hydrogen (secondary N) is 2. The van der Waals surface area contributed by atoms with Crippen LogP contribution in [0.1, 0.15) is 18.5 Å². The maximum atomic E-state index is 11.9. The van der Waals surface area contributed by atoms with Gasteiger partial charge in [-0.25, -0.2) is 4.98 Å². The summed E-state index contributed by atoms with van der Waals surface area (Å²) in [6, 6.07) is 7.18. The summed E-state index contributed by atoms with van der Waals surface area (Å²) in [4.78, 5) is 27.4. The normalized spacial score (nSPS) is 18.4. The van der Waals surface area contributed by atoms with Crippen molar-refractivity contribution in [2.24, 2.45) is 0 Å². The standard InChI is InChI=1S/C14H16N4O2/c19-13-5-4-10(17-13)8-15-9-11-7-14(20)18-6-2-1-3-12(18)16-11/h1-3,6-7,10,15H,4-5,8-9H2,(H,17,19)/t10-/m0/s1. The van der Waals surface area contributed by atoms with E-state index in [1.54, 1.807) is 12.3 Å². The number of carbonyl (C=O) groups excluding carboxylic acids is 1. The topological polar surface area (TPSA) is 75.5 Å². The van der Waals surface area contributed by atoms with Crippen LogP contribution in [-0.2, 0) is 11.3 Å². The number of fused-ring (bicyclic) bond motifs is 1. The molecular formula is C14H16N4O2. The van der Waals surface area contributed by atoms with Gasteiger partial charge in [0.2, 0.25) is 5.91 Å². The lowest BCUT2D eigenvalue weighted by Crippen LogP contribution is -2.35. The average Bonchev–Trinajstić information content (AvgIpc) is 2.85. The fourth-order valence-electron chi connectivity index (χ4n) is 2.40. The van der Waals surface area contributed by atoms with Gasteiger partial charge in [0.25, 0.3) is 5.56 Å². The molecule has 0 saturated carbocycles. The third-order valence-electron chi connectivity index (χ3n) is 3.41. The second-order valence-electron chi connectivity index (χ2n) is 4.95.